The summed E-state index contributed by atoms with van der Waals surface area (Å²) in [7, 11) is 0.324. The van der Waals surface area contributed by atoms with Gasteiger partial charge in [-0.1, -0.05) is 58.4 Å². The SMILES string of the molecule is COc1ccc2cc(Br)ccc2c1-c1c(S(=O)NC(C)C)ccc2ccccc12. The Kier molecular flexibility index (Phi) is 5.72. The number of rotatable bonds is 5. The van der Waals surface area contributed by atoms with E-state index in [-0.39, 0.29) is 6.04 Å². The Labute approximate surface area is 181 Å². The highest BCUT2D eigenvalue weighted by Gasteiger charge is 2.21. The Morgan fingerprint density at radius 2 is 1.62 bits per heavy atom. The summed E-state index contributed by atoms with van der Waals surface area (Å²) in [5.41, 5.74) is 1.91. The molecule has 0 amide bonds. The van der Waals surface area contributed by atoms with Gasteiger partial charge in [-0.3, -0.25) is 0 Å². The first-order valence-corrected chi connectivity index (χ1v) is 11.4. The van der Waals surface area contributed by atoms with Crippen LogP contribution in [0.25, 0.3) is 32.7 Å². The molecule has 5 heteroatoms. The molecule has 0 bridgehead atoms. The van der Waals surface area contributed by atoms with Crippen molar-refractivity contribution >= 4 is 48.5 Å². The van der Waals surface area contributed by atoms with Crippen LogP contribution < -0.4 is 9.46 Å². The first-order valence-electron chi connectivity index (χ1n) is 9.46. The van der Waals surface area contributed by atoms with E-state index < -0.39 is 11.0 Å². The Morgan fingerprint density at radius 1 is 0.897 bits per heavy atom. The van der Waals surface area contributed by atoms with E-state index in [1.807, 2.05) is 50.2 Å². The lowest BCUT2D eigenvalue weighted by Crippen LogP contribution is -2.25. The monoisotopic (exact) mass is 467 g/mol. The number of hydrogen-bond acceptors (Lipinski definition) is 2. The van der Waals surface area contributed by atoms with Crippen molar-refractivity contribution in [2.24, 2.45) is 0 Å². The van der Waals surface area contributed by atoms with Crippen LogP contribution in [0.4, 0.5) is 0 Å². The third-order valence-corrected chi connectivity index (χ3v) is 6.77. The van der Waals surface area contributed by atoms with Gasteiger partial charge in [0.2, 0.25) is 0 Å². The van der Waals surface area contributed by atoms with E-state index in [2.05, 4.69) is 51.0 Å². The molecule has 0 aliphatic heterocycles. The minimum atomic E-state index is -1.35. The summed E-state index contributed by atoms with van der Waals surface area (Å²) in [6.07, 6.45) is 0. The van der Waals surface area contributed by atoms with Crippen molar-refractivity contribution in [3.8, 4) is 16.9 Å². The smallest absolute Gasteiger partial charge is 0.127 e. The van der Waals surface area contributed by atoms with E-state index in [4.69, 9.17) is 4.74 Å². The van der Waals surface area contributed by atoms with Gasteiger partial charge in [0, 0.05) is 21.6 Å². The van der Waals surface area contributed by atoms with Crippen LogP contribution in [0.5, 0.6) is 5.75 Å². The van der Waals surface area contributed by atoms with E-state index in [0.29, 0.717) is 0 Å². The average molecular weight is 468 g/mol. The number of benzene rings is 4. The van der Waals surface area contributed by atoms with Crippen LogP contribution in [0.2, 0.25) is 0 Å². The highest BCUT2D eigenvalue weighted by atomic mass is 79.9. The van der Waals surface area contributed by atoms with Crippen LogP contribution in [0.3, 0.4) is 0 Å². The summed E-state index contributed by atoms with van der Waals surface area (Å²) in [6.45, 7) is 3.99. The second kappa shape index (κ2) is 8.27. The van der Waals surface area contributed by atoms with Gasteiger partial charge in [-0.15, -0.1) is 0 Å². The van der Waals surface area contributed by atoms with Crippen molar-refractivity contribution < 1.29 is 8.95 Å². The van der Waals surface area contributed by atoms with Crippen LogP contribution in [-0.2, 0) is 11.0 Å². The van der Waals surface area contributed by atoms with Crippen LogP contribution in [-0.4, -0.2) is 17.4 Å². The topological polar surface area (TPSA) is 38.3 Å². The first kappa shape index (κ1) is 20.1. The van der Waals surface area contributed by atoms with E-state index >= 15 is 0 Å². The number of ether oxygens (including phenoxy) is 1. The number of halogens is 1. The standard InChI is InChI=1S/C24H22BrNO2S/c1-15(2)26-29(27)22-13-9-16-6-4-5-7-19(16)24(22)23-20-11-10-18(25)14-17(20)8-12-21(23)28-3/h4-15,26H,1-3H3. The predicted octanol–water partition coefficient (Wildman–Crippen LogP) is 6.45. The van der Waals surface area contributed by atoms with Gasteiger partial charge in [-0.2, -0.15) is 0 Å². The van der Waals surface area contributed by atoms with Crippen molar-refractivity contribution in [1.29, 1.82) is 0 Å². The molecule has 1 atom stereocenters. The molecule has 1 N–H and O–H groups in total. The number of fused-ring (bicyclic) bond motifs is 2. The normalized spacial score (nSPS) is 12.6. The largest absolute Gasteiger partial charge is 0.496 e. The minimum absolute atomic E-state index is 0.0977. The zero-order valence-corrected chi connectivity index (χ0v) is 18.9. The van der Waals surface area contributed by atoms with Crippen molar-refractivity contribution in [3.63, 3.8) is 0 Å². The molecular formula is C24H22BrNO2S. The van der Waals surface area contributed by atoms with Crippen molar-refractivity contribution in [3.05, 3.63) is 71.2 Å². The number of nitrogens with one attached hydrogen (secondary N) is 1. The molecule has 0 heterocycles. The second-order valence-electron chi connectivity index (χ2n) is 7.21. The molecule has 1 unspecified atom stereocenters. The average Bonchev–Trinajstić information content (AvgIpc) is 2.71. The quantitative estimate of drug-likeness (QED) is 0.366. The Morgan fingerprint density at radius 3 is 2.38 bits per heavy atom. The van der Waals surface area contributed by atoms with Gasteiger partial charge in [-0.05, 0) is 59.7 Å². The van der Waals surface area contributed by atoms with Gasteiger partial charge in [0.1, 0.15) is 16.7 Å². The number of hydrogen-bond donors (Lipinski definition) is 1. The molecule has 4 aromatic rings. The summed E-state index contributed by atoms with van der Waals surface area (Å²) in [5, 5.41) is 4.31. The zero-order valence-electron chi connectivity index (χ0n) is 16.5. The molecule has 29 heavy (non-hydrogen) atoms. The van der Waals surface area contributed by atoms with Gasteiger partial charge in [0.15, 0.2) is 0 Å². The summed E-state index contributed by atoms with van der Waals surface area (Å²) < 4.78 is 23.2. The molecule has 0 saturated heterocycles. The van der Waals surface area contributed by atoms with Gasteiger partial charge < -0.3 is 4.74 Å². The fraction of sp³-hybridized carbons (Fsp3) is 0.167. The molecule has 148 valence electrons. The highest BCUT2D eigenvalue weighted by Crippen LogP contribution is 2.43. The lowest BCUT2D eigenvalue weighted by molar-refractivity contribution is 0.417. The van der Waals surface area contributed by atoms with E-state index in [9.17, 15) is 4.21 Å². The predicted molar refractivity (Wildman–Crippen MR) is 126 cm³/mol. The van der Waals surface area contributed by atoms with Crippen LogP contribution in [0.1, 0.15) is 13.8 Å². The Balaban J connectivity index is 2.14. The first-order chi connectivity index (χ1) is 14.0. The summed E-state index contributed by atoms with van der Waals surface area (Å²) in [5.74, 6) is 0.763. The molecule has 0 radical (unpaired) electrons. The fourth-order valence-corrected chi connectivity index (χ4v) is 5.17. The lowest BCUT2D eigenvalue weighted by Gasteiger charge is -2.19. The van der Waals surface area contributed by atoms with Crippen LogP contribution in [0.15, 0.2) is 76.1 Å². The molecule has 0 spiro atoms. The maximum absolute atomic E-state index is 13.2. The van der Waals surface area contributed by atoms with Crippen molar-refractivity contribution in [2.75, 3.05) is 7.11 Å². The molecule has 4 rings (SSSR count). The summed E-state index contributed by atoms with van der Waals surface area (Å²) >= 11 is 3.56. The Hall–Kier alpha value is -2.21. The fourth-order valence-electron chi connectivity index (χ4n) is 3.65. The molecule has 4 aromatic carbocycles. The highest BCUT2D eigenvalue weighted by molar-refractivity contribution is 9.10. The zero-order chi connectivity index (χ0) is 20.5. The van der Waals surface area contributed by atoms with E-state index in [1.54, 1.807) is 7.11 Å². The third-order valence-electron chi connectivity index (χ3n) is 4.85. The molecule has 0 saturated carbocycles. The molecule has 0 aliphatic carbocycles. The van der Waals surface area contributed by atoms with Crippen LogP contribution in [0, 0.1) is 0 Å². The van der Waals surface area contributed by atoms with Crippen LogP contribution >= 0.6 is 15.9 Å². The van der Waals surface area contributed by atoms with Gasteiger partial charge in [0.25, 0.3) is 0 Å². The third kappa shape index (κ3) is 3.82. The molecule has 0 aliphatic rings. The summed E-state index contributed by atoms with van der Waals surface area (Å²) in [6, 6.07) is 22.5. The lowest BCUT2D eigenvalue weighted by atomic mass is 9.93. The summed E-state index contributed by atoms with van der Waals surface area (Å²) in [4.78, 5) is 0.756. The van der Waals surface area contributed by atoms with Gasteiger partial charge in [-0.25, -0.2) is 8.93 Å². The van der Waals surface area contributed by atoms with Crippen molar-refractivity contribution in [1.82, 2.24) is 4.72 Å². The molecule has 0 fully saturated rings. The van der Waals surface area contributed by atoms with Gasteiger partial charge >= 0.3 is 0 Å². The van der Waals surface area contributed by atoms with Gasteiger partial charge in [0.05, 0.1) is 12.0 Å². The maximum Gasteiger partial charge on any atom is 0.127 e. The molecular weight excluding hydrogens is 446 g/mol. The van der Waals surface area contributed by atoms with E-state index in [0.717, 1.165) is 47.8 Å². The van der Waals surface area contributed by atoms with E-state index in [1.165, 1.54) is 0 Å². The second-order valence-corrected chi connectivity index (χ2v) is 9.34. The molecule has 3 nitrogen and oxygen atoms in total. The number of methoxy groups -OCH3 is 1. The van der Waals surface area contributed by atoms with Crippen molar-refractivity contribution in [2.45, 2.75) is 24.8 Å². The minimum Gasteiger partial charge on any atom is -0.496 e. The Bertz CT molecular complexity index is 1240. The maximum atomic E-state index is 13.2. The molecule has 0 aromatic heterocycles.